The molecule has 0 fully saturated rings. The van der Waals surface area contributed by atoms with Crippen molar-refractivity contribution in [3.63, 3.8) is 0 Å². The van der Waals surface area contributed by atoms with E-state index in [0.29, 0.717) is 0 Å². The molecule has 0 aliphatic heterocycles. The van der Waals surface area contributed by atoms with Crippen molar-refractivity contribution in [1.82, 2.24) is 9.97 Å². The van der Waals surface area contributed by atoms with Gasteiger partial charge in [0.15, 0.2) is 0 Å². The maximum absolute atomic E-state index is 3.83. The smallest absolute Gasteiger partial charge is 0.0724 e. The van der Waals surface area contributed by atoms with Gasteiger partial charge in [0.2, 0.25) is 0 Å². The standard InChI is InChI=1S/C38H60N2S2/c1-6-8-10-12-14-16-18-20-26-41-35-24-22-33(39-35)38(37-31(4)28-30(3)29-32(37)5)34-23-25-36(40-34)42-27-21-19-17-15-13-11-9-7-2/h22-25,28-29,38-40H,6-21,26-27H2,1-5H3. The van der Waals surface area contributed by atoms with Gasteiger partial charge in [-0.1, -0.05) is 121 Å². The molecule has 2 aromatic heterocycles. The molecular formula is C38H60N2S2. The molecule has 0 atom stereocenters. The molecule has 0 amide bonds. The second-order valence-corrected chi connectivity index (χ2v) is 14.7. The molecule has 3 rings (SSSR count). The summed E-state index contributed by atoms with van der Waals surface area (Å²) < 4.78 is 0. The average molecular weight is 609 g/mol. The predicted molar refractivity (Wildman–Crippen MR) is 190 cm³/mol. The number of aromatic amines is 2. The van der Waals surface area contributed by atoms with Crippen molar-refractivity contribution >= 4 is 23.5 Å². The lowest BCUT2D eigenvalue weighted by atomic mass is 9.85. The minimum absolute atomic E-state index is 0.195. The number of aromatic nitrogens is 2. The van der Waals surface area contributed by atoms with Crippen molar-refractivity contribution < 1.29 is 0 Å². The van der Waals surface area contributed by atoms with Gasteiger partial charge in [-0.15, -0.1) is 23.5 Å². The Bertz CT molecular complexity index is 1040. The van der Waals surface area contributed by atoms with E-state index < -0.39 is 0 Å². The van der Waals surface area contributed by atoms with Crippen LogP contribution >= 0.6 is 23.5 Å². The zero-order valence-corrected chi connectivity index (χ0v) is 29.2. The quantitative estimate of drug-likeness (QED) is 0.0829. The normalized spacial score (nSPS) is 11.7. The molecule has 2 N–H and O–H groups in total. The lowest BCUT2D eigenvalue weighted by molar-refractivity contribution is 0.586. The Labute approximate surface area is 267 Å². The first-order valence-corrected chi connectivity index (χ1v) is 19.2. The predicted octanol–water partition coefficient (Wildman–Crippen LogP) is 12.9. The van der Waals surface area contributed by atoms with E-state index in [2.05, 4.69) is 81.0 Å². The molecule has 0 saturated carbocycles. The monoisotopic (exact) mass is 608 g/mol. The molecule has 0 radical (unpaired) electrons. The highest BCUT2D eigenvalue weighted by molar-refractivity contribution is 7.99. The van der Waals surface area contributed by atoms with Crippen LogP contribution in [0.1, 0.15) is 156 Å². The topological polar surface area (TPSA) is 31.6 Å². The van der Waals surface area contributed by atoms with E-state index in [4.69, 9.17) is 0 Å². The highest BCUT2D eigenvalue weighted by Crippen LogP contribution is 2.37. The molecule has 0 aliphatic carbocycles. The van der Waals surface area contributed by atoms with E-state index in [9.17, 15) is 0 Å². The maximum Gasteiger partial charge on any atom is 0.0724 e. The Balaban J connectivity index is 1.58. The van der Waals surface area contributed by atoms with Crippen LogP contribution < -0.4 is 0 Å². The van der Waals surface area contributed by atoms with Crippen LogP contribution in [-0.2, 0) is 0 Å². The van der Waals surface area contributed by atoms with Crippen LogP contribution in [0.2, 0.25) is 0 Å². The SMILES string of the molecule is CCCCCCCCCCSc1ccc(C(c2ccc(SCCCCCCCCCC)[nH]2)c2c(C)cc(C)cc2C)[nH]1. The number of aryl methyl sites for hydroxylation is 3. The number of rotatable bonds is 23. The van der Waals surface area contributed by atoms with Crippen molar-refractivity contribution in [2.24, 2.45) is 0 Å². The maximum atomic E-state index is 3.83. The first kappa shape index (κ1) is 35.0. The Morgan fingerprint density at radius 2 is 0.905 bits per heavy atom. The molecule has 42 heavy (non-hydrogen) atoms. The van der Waals surface area contributed by atoms with Crippen LogP contribution in [0.3, 0.4) is 0 Å². The fraction of sp³-hybridized carbons (Fsp3) is 0.632. The Morgan fingerprint density at radius 3 is 1.31 bits per heavy atom. The molecule has 0 spiro atoms. The average Bonchev–Trinajstić information content (AvgIpc) is 3.63. The fourth-order valence-electron chi connectivity index (χ4n) is 6.25. The summed E-state index contributed by atoms with van der Waals surface area (Å²) in [7, 11) is 0. The van der Waals surface area contributed by atoms with Gasteiger partial charge in [0.25, 0.3) is 0 Å². The molecule has 4 heteroatoms. The van der Waals surface area contributed by atoms with Gasteiger partial charge in [-0.25, -0.2) is 0 Å². The van der Waals surface area contributed by atoms with Gasteiger partial charge in [0.05, 0.1) is 16.0 Å². The van der Waals surface area contributed by atoms with E-state index in [1.807, 2.05) is 23.5 Å². The Hall–Kier alpha value is -1.52. The third kappa shape index (κ3) is 12.2. The minimum atomic E-state index is 0.195. The van der Waals surface area contributed by atoms with Crippen molar-refractivity contribution in [2.45, 2.75) is 153 Å². The largest absolute Gasteiger partial charge is 0.353 e. The van der Waals surface area contributed by atoms with Crippen LogP contribution in [0.15, 0.2) is 46.5 Å². The molecule has 0 saturated heterocycles. The molecule has 234 valence electrons. The van der Waals surface area contributed by atoms with Crippen molar-refractivity contribution in [1.29, 1.82) is 0 Å². The molecule has 1 aromatic carbocycles. The van der Waals surface area contributed by atoms with Gasteiger partial charge in [-0.05, 0) is 86.1 Å². The summed E-state index contributed by atoms with van der Waals surface area (Å²) in [6.45, 7) is 11.4. The van der Waals surface area contributed by atoms with E-state index in [1.54, 1.807) is 0 Å². The summed E-state index contributed by atoms with van der Waals surface area (Å²) in [6, 6.07) is 13.9. The molecular weight excluding hydrogens is 549 g/mol. The summed E-state index contributed by atoms with van der Waals surface area (Å²) in [4.78, 5) is 7.67. The highest BCUT2D eigenvalue weighted by atomic mass is 32.2. The number of H-pyrrole nitrogens is 2. The van der Waals surface area contributed by atoms with E-state index in [1.165, 1.54) is 158 Å². The first-order chi connectivity index (χ1) is 20.5. The van der Waals surface area contributed by atoms with Crippen LogP contribution in [0.25, 0.3) is 0 Å². The third-order valence-electron chi connectivity index (χ3n) is 8.52. The molecule has 2 heterocycles. The van der Waals surface area contributed by atoms with Crippen molar-refractivity contribution in [3.8, 4) is 0 Å². The lowest BCUT2D eigenvalue weighted by Crippen LogP contribution is -2.09. The zero-order chi connectivity index (χ0) is 30.0. The Morgan fingerprint density at radius 1 is 0.524 bits per heavy atom. The van der Waals surface area contributed by atoms with Gasteiger partial charge >= 0.3 is 0 Å². The van der Waals surface area contributed by atoms with Gasteiger partial charge in [-0.3, -0.25) is 0 Å². The number of thioether (sulfide) groups is 2. The highest BCUT2D eigenvalue weighted by Gasteiger charge is 2.24. The van der Waals surface area contributed by atoms with E-state index in [-0.39, 0.29) is 5.92 Å². The zero-order valence-electron chi connectivity index (χ0n) is 27.6. The number of unbranched alkanes of at least 4 members (excludes halogenated alkanes) is 14. The second kappa shape index (κ2) is 20.4. The number of hydrogen-bond acceptors (Lipinski definition) is 2. The summed E-state index contributed by atoms with van der Waals surface area (Å²) in [5, 5.41) is 2.60. The van der Waals surface area contributed by atoms with Crippen LogP contribution in [-0.4, -0.2) is 21.5 Å². The minimum Gasteiger partial charge on any atom is -0.353 e. The lowest BCUT2D eigenvalue weighted by Gasteiger charge is -2.21. The fourth-order valence-corrected chi connectivity index (χ4v) is 8.09. The molecule has 3 aromatic rings. The Kier molecular flexibility index (Phi) is 17.0. The summed E-state index contributed by atoms with van der Waals surface area (Å²) in [5.74, 6) is 2.59. The van der Waals surface area contributed by atoms with Crippen LogP contribution in [0, 0.1) is 20.8 Å². The molecule has 0 aliphatic rings. The summed E-state index contributed by atoms with van der Waals surface area (Å²) >= 11 is 3.98. The number of nitrogens with one attached hydrogen (secondary N) is 2. The van der Waals surface area contributed by atoms with Gasteiger partial charge in [0, 0.05) is 11.4 Å². The van der Waals surface area contributed by atoms with Crippen molar-refractivity contribution in [2.75, 3.05) is 11.5 Å². The number of benzene rings is 1. The number of hydrogen-bond donors (Lipinski definition) is 2. The molecule has 0 unspecified atom stereocenters. The van der Waals surface area contributed by atoms with Gasteiger partial charge in [-0.2, -0.15) is 0 Å². The van der Waals surface area contributed by atoms with Gasteiger partial charge < -0.3 is 9.97 Å². The van der Waals surface area contributed by atoms with Crippen LogP contribution in [0.4, 0.5) is 0 Å². The summed E-state index contributed by atoms with van der Waals surface area (Å²) in [6.07, 6.45) is 22.1. The summed E-state index contributed by atoms with van der Waals surface area (Å²) in [5.41, 5.74) is 8.12. The van der Waals surface area contributed by atoms with Crippen molar-refractivity contribution in [3.05, 3.63) is 70.0 Å². The van der Waals surface area contributed by atoms with E-state index in [0.717, 1.165) is 0 Å². The third-order valence-corrected chi connectivity index (χ3v) is 10.6. The molecule has 0 bridgehead atoms. The molecule has 2 nitrogen and oxygen atoms in total. The second-order valence-electron chi connectivity index (χ2n) is 12.4. The first-order valence-electron chi connectivity index (χ1n) is 17.2. The van der Waals surface area contributed by atoms with Gasteiger partial charge in [0.1, 0.15) is 0 Å². The van der Waals surface area contributed by atoms with E-state index >= 15 is 0 Å². The van der Waals surface area contributed by atoms with Crippen LogP contribution in [0.5, 0.6) is 0 Å².